The molecule has 3 rings (SSSR count). The molecule has 1 aliphatic heterocycles. The molecule has 6 heteroatoms. The Morgan fingerprint density at radius 2 is 2.10 bits per heavy atom. The predicted molar refractivity (Wildman–Crippen MR) is 72.4 cm³/mol. The van der Waals surface area contributed by atoms with Gasteiger partial charge in [-0.25, -0.2) is 4.79 Å². The minimum Gasteiger partial charge on any atom is -0.480 e. The van der Waals surface area contributed by atoms with E-state index in [0.29, 0.717) is 18.7 Å². The largest absolute Gasteiger partial charge is 0.480 e. The first-order chi connectivity index (χ1) is 9.68. The third-order valence-corrected chi connectivity index (χ3v) is 3.72. The van der Waals surface area contributed by atoms with E-state index in [1.807, 2.05) is 24.3 Å². The standard InChI is InChI=1S/C14H15N3O3/c18-13(17-8-4-3-7-11(17)14(19)20)12-9-5-1-2-6-10(9)15-16-12/h1-2,5-6,11H,3-4,7-8H2,(H,15,16)(H,19,20). The average molecular weight is 273 g/mol. The van der Waals surface area contributed by atoms with Crippen LogP contribution in [0.25, 0.3) is 10.9 Å². The third kappa shape index (κ3) is 2.03. The van der Waals surface area contributed by atoms with E-state index in [0.717, 1.165) is 23.7 Å². The quantitative estimate of drug-likeness (QED) is 0.871. The van der Waals surface area contributed by atoms with Gasteiger partial charge in [0, 0.05) is 11.9 Å². The second-order valence-electron chi connectivity index (χ2n) is 4.97. The number of aromatic nitrogens is 2. The molecular weight excluding hydrogens is 258 g/mol. The smallest absolute Gasteiger partial charge is 0.326 e. The fourth-order valence-electron chi connectivity index (χ4n) is 2.69. The molecular formula is C14H15N3O3. The number of aromatic amines is 1. The van der Waals surface area contributed by atoms with Crippen molar-refractivity contribution < 1.29 is 14.7 Å². The maximum Gasteiger partial charge on any atom is 0.326 e. The van der Waals surface area contributed by atoms with E-state index in [1.165, 1.54) is 4.90 Å². The molecule has 1 aromatic carbocycles. The molecule has 0 aliphatic carbocycles. The topological polar surface area (TPSA) is 86.3 Å². The van der Waals surface area contributed by atoms with Crippen molar-refractivity contribution in [2.75, 3.05) is 6.54 Å². The highest BCUT2D eigenvalue weighted by Gasteiger charge is 2.33. The highest BCUT2D eigenvalue weighted by atomic mass is 16.4. The number of carboxylic acids is 1. The van der Waals surface area contributed by atoms with E-state index >= 15 is 0 Å². The number of H-pyrrole nitrogens is 1. The second-order valence-corrected chi connectivity index (χ2v) is 4.97. The van der Waals surface area contributed by atoms with Crippen LogP contribution in [0.2, 0.25) is 0 Å². The summed E-state index contributed by atoms with van der Waals surface area (Å²) >= 11 is 0. The van der Waals surface area contributed by atoms with Gasteiger partial charge in [0.15, 0.2) is 5.69 Å². The average Bonchev–Trinajstić information content (AvgIpc) is 2.90. The number of fused-ring (bicyclic) bond motifs is 1. The highest BCUT2D eigenvalue weighted by Crippen LogP contribution is 2.22. The Hall–Kier alpha value is -2.37. The summed E-state index contributed by atoms with van der Waals surface area (Å²) in [6, 6.07) is 6.59. The molecule has 1 unspecified atom stereocenters. The molecule has 1 fully saturated rings. The number of para-hydroxylation sites is 1. The molecule has 6 nitrogen and oxygen atoms in total. The minimum atomic E-state index is -0.946. The molecule has 2 heterocycles. The maximum atomic E-state index is 12.6. The Morgan fingerprint density at radius 3 is 2.90 bits per heavy atom. The summed E-state index contributed by atoms with van der Waals surface area (Å²) in [7, 11) is 0. The Morgan fingerprint density at radius 1 is 1.30 bits per heavy atom. The minimum absolute atomic E-state index is 0.300. The number of likely N-dealkylation sites (tertiary alicyclic amines) is 1. The van der Waals surface area contributed by atoms with Crippen LogP contribution in [0.4, 0.5) is 0 Å². The van der Waals surface area contributed by atoms with Gasteiger partial charge < -0.3 is 10.0 Å². The van der Waals surface area contributed by atoms with Crippen LogP contribution < -0.4 is 0 Å². The summed E-state index contributed by atoms with van der Waals surface area (Å²) in [5.74, 6) is -1.26. The van der Waals surface area contributed by atoms with Crippen LogP contribution in [0.3, 0.4) is 0 Å². The third-order valence-electron chi connectivity index (χ3n) is 3.72. The van der Waals surface area contributed by atoms with Crippen molar-refractivity contribution in [1.82, 2.24) is 15.1 Å². The van der Waals surface area contributed by atoms with Crippen LogP contribution in [-0.2, 0) is 4.79 Å². The molecule has 1 aromatic heterocycles. The lowest BCUT2D eigenvalue weighted by Crippen LogP contribution is -2.48. The second kappa shape index (κ2) is 4.96. The molecule has 1 atom stereocenters. The summed E-state index contributed by atoms with van der Waals surface area (Å²) in [6.45, 7) is 0.469. The number of carbonyl (C=O) groups is 2. The van der Waals surface area contributed by atoms with Gasteiger partial charge in [0.1, 0.15) is 6.04 Å². The van der Waals surface area contributed by atoms with Crippen molar-refractivity contribution >= 4 is 22.8 Å². The Bertz CT molecular complexity index is 664. The Balaban J connectivity index is 1.96. The summed E-state index contributed by atoms with van der Waals surface area (Å²) in [4.78, 5) is 25.3. The van der Waals surface area contributed by atoms with Crippen molar-refractivity contribution in [1.29, 1.82) is 0 Å². The number of nitrogens with zero attached hydrogens (tertiary/aromatic N) is 2. The van der Waals surface area contributed by atoms with Crippen molar-refractivity contribution in [2.45, 2.75) is 25.3 Å². The maximum absolute atomic E-state index is 12.6. The first-order valence-corrected chi connectivity index (χ1v) is 6.65. The first kappa shape index (κ1) is 12.7. The molecule has 0 radical (unpaired) electrons. The van der Waals surface area contributed by atoms with Gasteiger partial charge in [-0.3, -0.25) is 9.89 Å². The van der Waals surface area contributed by atoms with Crippen LogP contribution in [0.5, 0.6) is 0 Å². The molecule has 104 valence electrons. The van der Waals surface area contributed by atoms with Gasteiger partial charge in [0.05, 0.1) is 5.52 Å². The van der Waals surface area contributed by atoms with Crippen molar-refractivity contribution in [3.8, 4) is 0 Å². The molecule has 0 bridgehead atoms. The Labute approximate surface area is 115 Å². The SMILES string of the molecule is O=C(O)C1CCCCN1C(=O)c1n[nH]c2ccccc12. The van der Waals surface area contributed by atoms with Gasteiger partial charge in [0.2, 0.25) is 0 Å². The molecule has 2 aromatic rings. The number of carboxylic acid groups (broad SMARTS) is 1. The van der Waals surface area contributed by atoms with Crippen LogP contribution in [-0.4, -0.2) is 44.7 Å². The molecule has 20 heavy (non-hydrogen) atoms. The summed E-state index contributed by atoms with van der Waals surface area (Å²) in [5.41, 5.74) is 1.08. The fraction of sp³-hybridized carbons (Fsp3) is 0.357. The van der Waals surface area contributed by atoms with Gasteiger partial charge in [0.25, 0.3) is 5.91 Å². The molecule has 2 N–H and O–H groups in total. The lowest BCUT2D eigenvalue weighted by atomic mass is 10.0. The number of hydrogen-bond acceptors (Lipinski definition) is 3. The molecule has 1 saturated heterocycles. The van der Waals surface area contributed by atoms with Crippen LogP contribution in [0.15, 0.2) is 24.3 Å². The van der Waals surface area contributed by atoms with Crippen molar-refractivity contribution in [3.63, 3.8) is 0 Å². The van der Waals surface area contributed by atoms with Gasteiger partial charge in [-0.2, -0.15) is 5.10 Å². The van der Waals surface area contributed by atoms with E-state index in [4.69, 9.17) is 0 Å². The zero-order chi connectivity index (χ0) is 14.1. The Kier molecular flexibility index (Phi) is 3.14. The zero-order valence-corrected chi connectivity index (χ0v) is 10.9. The molecule has 0 spiro atoms. The van der Waals surface area contributed by atoms with Crippen molar-refractivity contribution in [3.05, 3.63) is 30.0 Å². The predicted octanol–water partition coefficient (Wildman–Crippen LogP) is 1.64. The normalized spacial score (nSPS) is 19.2. The molecule has 1 aliphatic rings. The number of rotatable bonds is 2. The summed E-state index contributed by atoms with van der Waals surface area (Å²) in [6.07, 6.45) is 2.17. The number of amides is 1. The highest BCUT2D eigenvalue weighted by molar-refractivity contribution is 6.05. The first-order valence-electron chi connectivity index (χ1n) is 6.65. The zero-order valence-electron chi connectivity index (χ0n) is 10.9. The number of hydrogen-bond donors (Lipinski definition) is 2. The lowest BCUT2D eigenvalue weighted by molar-refractivity contribution is -0.143. The van der Waals surface area contributed by atoms with Crippen LogP contribution in [0.1, 0.15) is 29.8 Å². The van der Waals surface area contributed by atoms with Gasteiger partial charge in [-0.1, -0.05) is 18.2 Å². The van der Waals surface area contributed by atoms with E-state index in [9.17, 15) is 14.7 Å². The van der Waals surface area contributed by atoms with Gasteiger partial charge in [-0.15, -0.1) is 0 Å². The van der Waals surface area contributed by atoms with Crippen LogP contribution >= 0.6 is 0 Å². The van der Waals surface area contributed by atoms with Crippen LogP contribution in [0, 0.1) is 0 Å². The number of aliphatic carboxylic acids is 1. The van der Waals surface area contributed by atoms with E-state index in [1.54, 1.807) is 0 Å². The summed E-state index contributed by atoms with van der Waals surface area (Å²) < 4.78 is 0. The molecule has 1 amide bonds. The van der Waals surface area contributed by atoms with E-state index in [2.05, 4.69) is 10.2 Å². The number of nitrogens with one attached hydrogen (secondary N) is 1. The number of piperidine rings is 1. The van der Waals surface area contributed by atoms with E-state index < -0.39 is 12.0 Å². The monoisotopic (exact) mass is 273 g/mol. The molecule has 0 saturated carbocycles. The van der Waals surface area contributed by atoms with Gasteiger partial charge >= 0.3 is 5.97 Å². The van der Waals surface area contributed by atoms with Gasteiger partial charge in [-0.05, 0) is 25.3 Å². The fourth-order valence-corrected chi connectivity index (χ4v) is 2.69. The number of benzene rings is 1. The lowest BCUT2D eigenvalue weighted by Gasteiger charge is -2.32. The van der Waals surface area contributed by atoms with E-state index in [-0.39, 0.29) is 5.91 Å². The van der Waals surface area contributed by atoms with Crippen molar-refractivity contribution in [2.24, 2.45) is 0 Å². The summed E-state index contributed by atoms with van der Waals surface area (Å²) in [5, 5.41) is 16.8. The number of carbonyl (C=O) groups excluding carboxylic acids is 1.